The fourth-order valence-corrected chi connectivity index (χ4v) is 2.29. The fraction of sp³-hybridized carbons (Fsp3) is 0.250. The van der Waals surface area contributed by atoms with E-state index in [9.17, 15) is 0 Å². The van der Waals surface area contributed by atoms with Crippen LogP contribution >= 0.6 is 11.6 Å². The first-order valence-electron chi connectivity index (χ1n) is 6.12. The Morgan fingerprint density at radius 2 is 1.72 bits per heavy atom. The van der Waals surface area contributed by atoms with Crippen LogP contribution in [0.4, 0.5) is 5.69 Å². The molecule has 1 nitrogen and oxygen atoms in total. The van der Waals surface area contributed by atoms with Crippen molar-refractivity contribution in [1.29, 1.82) is 0 Å². The molecule has 0 unspecified atom stereocenters. The number of nitrogens with one attached hydrogen (secondary N) is 1. The largest absolute Gasteiger partial charge is 0.381 e. The first kappa shape index (κ1) is 13.0. The second kappa shape index (κ2) is 5.45. The highest BCUT2D eigenvalue weighted by atomic mass is 35.5. The molecule has 2 aromatic carbocycles. The summed E-state index contributed by atoms with van der Waals surface area (Å²) in [6, 6.07) is 12.5. The Kier molecular flexibility index (Phi) is 3.93. The minimum absolute atomic E-state index is 0.794. The molecule has 1 N–H and O–H groups in total. The van der Waals surface area contributed by atoms with Gasteiger partial charge in [-0.2, -0.15) is 0 Å². The molecular formula is C16H18ClN. The molecule has 0 atom stereocenters. The van der Waals surface area contributed by atoms with Crippen molar-refractivity contribution in [2.45, 2.75) is 27.3 Å². The van der Waals surface area contributed by atoms with E-state index >= 15 is 0 Å². The van der Waals surface area contributed by atoms with Crippen molar-refractivity contribution in [3.8, 4) is 0 Å². The average Bonchev–Trinajstić information content (AvgIpc) is 2.30. The van der Waals surface area contributed by atoms with E-state index in [2.05, 4.69) is 50.4 Å². The highest BCUT2D eigenvalue weighted by Crippen LogP contribution is 2.19. The minimum Gasteiger partial charge on any atom is -0.381 e. The van der Waals surface area contributed by atoms with Gasteiger partial charge >= 0.3 is 0 Å². The normalized spacial score (nSPS) is 10.4. The molecule has 0 fully saturated rings. The van der Waals surface area contributed by atoms with Crippen LogP contribution < -0.4 is 5.32 Å². The van der Waals surface area contributed by atoms with Crippen molar-refractivity contribution in [2.75, 3.05) is 5.32 Å². The summed E-state index contributed by atoms with van der Waals surface area (Å²) in [5, 5.41) is 4.27. The van der Waals surface area contributed by atoms with Gasteiger partial charge < -0.3 is 5.32 Å². The van der Waals surface area contributed by atoms with Crippen LogP contribution in [-0.4, -0.2) is 0 Å². The predicted molar refractivity (Wildman–Crippen MR) is 79.4 cm³/mol. The van der Waals surface area contributed by atoms with Crippen LogP contribution in [0, 0.1) is 20.8 Å². The fourth-order valence-electron chi connectivity index (χ4n) is 2.06. The van der Waals surface area contributed by atoms with Crippen LogP contribution in [-0.2, 0) is 6.54 Å². The highest BCUT2D eigenvalue weighted by Gasteiger charge is 2.01. The minimum atomic E-state index is 0.794. The summed E-state index contributed by atoms with van der Waals surface area (Å²) in [6.45, 7) is 7.15. The number of hydrogen-bond acceptors (Lipinski definition) is 1. The predicted octanol–water partition coefficient (Wildman–Crippen LogP) is 4.88. The van der Waals surface area contributed by atoms with Crippen molar-refractivity contribution in [2.24, 2.45) is 0 Å². The molecular weight excluding hydrogens is 242 g/mol. The average molecular weight is 260 g/mol. The van der Waals surface area contributed by atoms with Gasteiger partial charge in [0, 0.05) is 17.3 Å². The van der Waals surface area contributed by atoms with Crippen LogP contribution in [0.15, 0.2) is 36.4 Å². The summed E-state index contributed by atoms with van der Waals surface area (Å²) >= 11 is 5.96. The smallest absolute Gasteiger partial charge is 0.0408 e. The molecule has 2 rings (SSSR count). The molecule has 94 valence electrons. The van der Waals surface area contributed by atoms with E-state index in [1.54, 1.807) is 0 Å². The summed E-state index contributed by atoms with van der Waals surface area (Å²) in [5.41, 5.74) is 6.26. The Morgan fingerprint density at radius 1 is 0.944 bits per heavy atom. The zero-order valence-corrected chi connectivity index (χ0v) is 11.8. The summed E-state index contributed by atoms with van der Waals surface area (Å²) in [5.74, 6) is 0. The number of aryl methyl sites for hydroxylation is 3. The van der Waals surface area contributed by atoms with Gasteiger partial charge in [0.15, 0.2) is 0 Å². The Hall–Kier alpha value is -1.47. The number of anilines is 1. The van der Waals surface area contributed by atoms with E-state index in [1.165, 1.54) is 27.9 Å². The second-order valence-corrected chi connectivity index (χ2v) is 5.18. The van der Waals surface area contributed by atoms with Gasteiger partial charge in [0.2, 0.25) is 0 Å². The Labute approximate surface area is 114 Å². The lowest BCUT2D eigenvalue weighted by Crippen LogP contribution is -2.02. The lowest BCUT2D eigenvalue weighted by molar-refractivity contribution is 1.11. The van der Waals surface area contributed by atoms with E-state index < -0.39 is 0 Å². The number of benzene rings is 2. The van der Waals surface area contributed by atoms with Gasteiger partial charge in [-0.25, -0.2) is 0 Å². The lowest BCUT2D eigenvalue weighted by atomic mass is 10.1. The number of hydrogen-bond donors (Lipinski definition) is 1. The quantitative estimate of drug-likeness (QED) is 0.829. The van der Waals surface area contributed by atoms with Crippen molar-refractivity contribution in [3.05, 3.63) is 63.7 Å². The highest BCUT2D eigenvalue weighted by molar-refractivity contribution is 6.30. The first-order valence-corrected chi connectivity index (χ1v) is 6.50. The molecule has 0 bridgehead atoms. The van der Waals surface area contributed by atoms with Crippen molar-refractivity contribution >= 4 is 17.3 Å². The molecule has 0 heterocycles. The Balaban J connectivity index is 2.11. The topological polar surface area (TPSA) is 12.0 Å². The van der Waals surface area contributed by atoms with Gasteiger partial charge in [0.1, 0.15) is 0 Å². The molecule has 2 aromatic rings. The van der Waals surface area contributed by atoms with Gasteiger partial charge in [-0.05, 0) is 55.7 Å². The van der Waals surface area contributed by atoms with Crippen LogP contribution in [0.25, 0.3) is 0 Å². The molecule has 0 saturated heterocycles. The van der Waals surface area contributed by atoms with Crippen LogP contribution in [0.2, 0.25) is 5.02 Å². The molecule has 0 spiro atoms. The maximum absolute atomic E-state index is 5.96. The SMILES string of the molecule is Cc1ccc(NCc2ccc(Cl)cc2C)c(C)c1. The third kappa shape index (κ3) is 3.05. The lowest BCUT2D eigenvalue weighted by Gasteiger charge is -2.12. The van der Waals surface area contributed by atoms with Crippen LogP contribution in [0.1, 0.15) is 22.3 Å². The van der Waals surface area contributed by atoms with E-state index in [0.29, 0.717) is 0 Å². The molecule has 0 radical (unpaired) electrons. The van der Waals surface area contributed by atoms with Gasteiger partial charge in [-0.3, -0.25) is 0 Å². The standard InChI is InChI=1S/C16H18ClN/c1-11-4-7-16(13(3)8-11)18-10-14-5-6-15(17)9-12(14)2/h4-9,18H,10H2,1-3H3. The summed E-state index contributed by atoms with van der Waals surface area (Å²) in [4.78, 5) is 0. The summed E-state index contributed by atoms with van der Waals surface area (Å²) < 4.78 is 0. The monoisotopic (exact) mass is 259 g/mol. The maximum Gasteiger partial charge on any atom is 0.0408 e. The Bertz CT molecular complexity index is 510. The number of halogens is 1. The van der Waals surface area contributed by atoms with Gasteiger partial charge in [-0.1, -0.05) is 35.4 Å². The van der Waals surface area contributed by atoms with E-state index in [1.807, 2.05) is 12.1 Å². The van der Waals surface area contributed by atoms with Crippen molar-refractivity contribution < 1.29 is 0 Å². The second-order valence-electron chi connectivity index (χ2n) is 4.74. The van der Waals surface area contributed by atoms with Crippen LogP contribution in [0.3, 0.4) is 0 Å². The van der Waals surface area contributed by atoms with Gasteiger partial charge in [0.05, 0.1) is 0 Å². The molecule has 0 aliphatic rings. The zero-order valence-electron chi connectivity index (χ0n) is 11.0. The van der Waals surface area contributed by atoms with Gasteiger partial charge in [0.25, 0.3) is 0 Å². The van der Waals surface area contributed by atoms with Crippen LogP contribution in [0.5, 0.6) is 0 Å². The Morgan fingerprint density at radius 3 is 2.39 bits per heavy atom. The van der Waals surface area contributed by atoms with Gasteiger partial charge in [-0.15, -0.1) is 0 Å². The number of rotatable bonds is 3. The molecule has 0 aromatic heterocycles. The summed E-state index contributed by atoms with van der Waals surface area (Å²) in [6.07, 6.45) is 0. The van der Waals surface area contributed by atoms with E-state index in [-0.39, 0.29) is 0 Å². The van der Waals surface area contributed by atoms with Crippen molar-refractivity contribution in [1.82, 2.24) is 0 Å². The van der Waals surface area contributed by atoms with E-state index in [4.69, 9.17) is 11.6 Å². The summed E-state index contributed by atoms with van der Waals surface area (Å²) in [7, 11) is 0. The molecule has 2 heteroatoms. The molecule has 0 amide bonds. The molecule has 0 aliphatic carbocycles. The third-order valence-electron chi connectivity index (χ3n) is 3.16. The maximum atomic E-state index is 5.96. The molecule has 18 heavy (non-hydrogen) atoms. The first-order chi connectivity index (χ1) is 8.56. The van der Waals surface area contributed by atoms with Crippen molar-refractivity contribution in [3.63, 3.8) is 0 Å². The molecule has 0 saturated carbocycles. The zero-order chi connectivity index (χ0) is 13.1. The third-order valence-corrected chi connectivity index (χ3v) is 3.39. The van der Waals surface area contributed by atoms with E-state index in [0.717, 1.165) is 11.6 Å². The molecule has 0 aliphatic heterocycles.